The van der Waals surface area contributed by atoms with Crippen LogP contribution in [0, 0.1) is 24.0 Å². The molecule has 7 heteroatoms. The fourth-order valence-corrected chi connectivity index (χ4v) is 3.52. The highest BCUT2D eigenvalue weighted by Crippen LogP contribution is 2.38. The smallest absolute Gasteiger partial charge is 0.299 e. The minimum Gasteiger partial charge on any atom is -0.354 e. The normalized spacial score (nSPS) is 16.7. The maximum atomic E-state index is 14.2. The fraction of sp³-hybridized carbons (Fsp3) is 0.222. The number of carbonyl (C=O) groups is 1. The lowest BCUT2D eigenvalue weighted by Gasteiger charge is -2.34. The SMILES string of the molecule is C#CC(=O)N1CCc2c([nH]c3c(F)cc(F)cc23)C1c1nccn1C. The minimum absolute atomic E-state index is 0.223. The number of hydrogen-bond donors (Lipinski definition) is 1. The van der Waals surface area contributed by atoms with Crippen molar-refractivity contribution in [3.63, 3.8) is 0 Å². The lowest BCUT2D eigenvalue weighted by molar-refractivity contribution is -0.127. The molecule has 1 aliphatic heterocycles. The number of imidazole rings is 1. The van der Waals surface area contributed by atoms with Crippen LogP contribution in [0.1, 0.15) is 23.1 Å². The Morgan fingerprint density at radius 1 is 1.44 bits per heavy atom. The van der Waals surface area contributed by atoms with E-state index >= 15 is 0 Å². The number of fused-ring (bicyclic) bond motifs is 3. The number of nitrogens with zero attached hydrogens (tertiary/aromatic N) is 3. The molecule has 0 radical (unpaired) electrons. The van der Waals surface area contributed by atoms with E-state index in [0.29, 0.717) is 29.9 Å². The molecule has 1 atom stereocenters. The molecule has 0 saturated heterocycles. The van der Waals surface area contributed by atoms with Gasteiger partial charge >= 0.3 is 0 Å². The largest absolute Gasteiger partial charge is 0.354 e. The van der Waals surface area contributed by atoms with Gasteiger partial charge in [0.05, 0.1) is 11.2 Å². The van der Waals surface area contributed by atoms with E-state index < -0.39 is 23.6 Å². The molecule has 1 amide bonds. The summed E-state index contributed by atoms with van der Waals surface area (Å²) in [6, 6.07) is 1.56. The van der Waals surface area contributed by atoms with Crippen molar-refractivity contribution in [3.8, 4) is 12.3 Å². The second kappa shape index (κ2) is 5.45. The van der Waals surface area contributed by atoms with Gasteiger partial charge in [-0.15, -0.1) is 6.42 Å². The monoisotopic (exact) mass is 340 g/mol. The second-order valence-electron chi connectivity index (χ2n) is 6.02. The van der Waals surface area contributed by atoms with Gasteiger partial charge in [0.25, 0.3) is 5.91 Å². The van der Waals surface area contributed by atoms with Crippen LogP contribution >= 0.6 is 0 Å². The second-order valence-corrected chi connectivity index (χ2v) is 6.02. The number of rotatable bonds is 1. The molecule has 1 N–H and O–H groups in total. The summed E-state index contributed by atoms with van der Waals surface area (Å²) in [5, 5.41) is 0.486. The minimum atomic E-state index is -0.669. The van der Waals surface area contributed by atoms with Crippen LogP contribution in [0.5, 0.6) is 0 Å². The topological polar surface area (TPSA) is 53.9 Å². The van der Waals surface area contributed by atoms with E-state index in [2.05, 4.69) is 15.9 Å². The first-order valence-electron chi connectivity index (χ1n) is 7.75. The van der Waals surface area contributed by atoms with E-state index in [4.69, 9.17) is 6.42 Å². The number of terminal acetylenes is 1. The molecule has 126 valence electrons. The highest BCUT2D eigenvalue weighted by atomic mass is 19.1. The quantitative estimate of drug-likeness (QED) is 0.691. The van der Waals surface area contributed by atoms with E-state index in [1.807, 2.05) is 0 Å². The summed E-state index contributed by atoms with van der Waals surface area (Å²) >= 11 is 0. The third-order valence-electron chi connectivity index (χ3n) is 4.64. The number of aromatic amines is 1. The number of amides is 1. The summed E-state index contributed by atoms with van der Waals surface area (Å²) in [5.74, 6) is 0.954. The molecule has 0 aliphatic carbocycles. The first-order chi connectivity index (χ1) is 12.0. The summed E-state index contributed by atoms with van der Waals surface area (Å²) in [7, 11) is 1.80. The zero-order chi connectivity index (χ0) is 17.7. The lowest BCUT2D eigenvalue weighted by Crippen LogP contribution is -2.41. The van der Waals surface area contributed by atoms with Gasteiger partial charge in [0, 0.05) is 37.4 Å². The number of hydrogen-bond acceptors (Lipinski definition) is 2. The van der Waals surface area contributed by atoms with Crippen LogP contribution in [0.25, 0.3) is 10.9 Å². The van der Waals surface area contributed by atoms with Crippen molar-refractivity contribution in [3.05, 3.63) is 53.2 Å². The van der Waals surface area contributed by atoms with Gasteiger partial charge < -0.3 is 14.5 Å². The third kappa shape index (κ3) is 2.22. The highest BCUT2D eigenvalue weighted by Gasteiger charge is 2.36. The van der Waals surface area contributed by atoms with E-state index in [1.54, 1.807) is 24.0 Å². The summed E-state index contributed by atoms with van der Waals surface area (Å²) < 4.78 is 29.7. The molecule has 1 aromatic carbocycles. The Morgan fingerprint density at radius 2 is 2.24 bits per heavy atom. The maximum absolute atomic E-state index is 14.2. The predicted octanol–water partition coefficient (Wildman–Crippen LogP) is 2.29. The van der Waals surface area contributed by atoms with Crippen molar-refractivity contribution in [2.45, 2.75) is 12.5 Å². The van der Waals surface area contributed by atoms with Crippen molar-refractivity contribution in [2.75, 3.05) is 6.54 Å². The number of carbonyl (C=O) groups excluding carboxylic acids is 1. The van der Waals surface area contributed by atoms with Gasteiger partial charge in [-0.3, -0.25) is 4.79 Å². The van der Waals surface area contributed by atoms with E-state index in [9.17, 15) is 13.6 Å². The summed E-state index contributed by atoms with van der Waals surface area (Å²) in [6.07, 6.45) is 9.13. The van der Waals surface area contributed by atoms with E-state index in [1.165, 1.54) is 11.0 Å². The van der Waals surface area contributed by atoms with Gasteiger partial charge in [0.15, 0.2) is 0 Å². The third-order valence-corrected chi connectivity index (χ3v) is 4.64. The summed E-state index contributed by atoms with van der Waals surface area (Å²) in [5.41, 5.74) is 1.62. The first kappa shape index (κ1) is 15.4. The van der Waals surface area contributed by atoms with Gasteiger partial charge in [-0.05, 0) is 24.0 Å². The molecular formula is C18H14F2N4O. The number of H-pyrrole nitrogens is 1. The van der Waals surface area contributed by atoms with Crippen LogP contribution < -0.4 is 0 Å². The number of halogens is 2. The Kier molecular flexibility index (Phi) is 3.35. The van der Waals surface area contributed by atoms with E-state index in [0.717, 1.165) is 11.6 Å². The number of nitrogens with one attached hydrogen (secondary N) is 1. The van der Waals surface area contributed by atoms with Crippen LogP contribution in [0.3, 0.4) is 0 Å². The van der Waals surface area contributed by atoms with Crippen molar-refractivity contribution < 1.29 is 13.6 Å². The van der Waals surface area contributed by atoms with E-state index in [-0.39, 0.29) is 5.52 Å². The van der Waals surface area contributed by atoms with Crippen molar-refractivity contribution in [1.82, 2.24) is 19.4 Å². The Bertz CT molecular complexity index is 1040. The molecule has 0 spiro atoms. The lowest BCUT2D eigenvalue weighted by atomic mass is 9.96. The summed E-state index contributed by atoms with van der Waals surface area (Å²) in [4.78, 5) is 21.1. The number of aromatic nitrogens is 3. The molecule has 5 nitrogen and oxygen atoms in total. The number of aryl methyl sites for hydroxylation is 1. The molecule has 1 aliphatic rings. The number of benzene rings is 1. The van der Waals surface area contributed by atoms with Crippen LogP contribution in [-0.4, -0.2) is 31.9 Å². The molecule has 4 rings (SSSR count). The first-order valence-corrected chi connectivity index (χ1v) is 7.75. The van der Waals surface area contributed by atoms with Gasteiger partial charge in [-0.1, -0.05) is 0 Å². The Balaban J connectivity index is 1.99. The standard InChI is InChI=1S/C18H14F2N4O/c1-3-14(25)24-6-4-11-12-8-10(19)9-13(20)15(12)22-16(11)17(24)18-21-5-7-23(18)2/h1,5,7-9,17,22H,4,6H2,2H3. The molecular weight excluding hydrogens is 326 g/mol. The van der Waals surface area contributed by atoms with Gasteiger partial charge in [-0.2, -0.15) is 0 Å². The van der Waals surface area contributed by atoms with Gasteiger partial charge in [0.2, 0.25) is 0 Å². The maximum Gasteiger partial charge on any atom is 0.299 e. The van der Waals surface area contributed by atoms with Gasteiger partial charge in [0.1, 0.15) is 23.5 Å². The molecule has 1 unspecified atom stereocenters. The molecule has 0 saturated carbocycles. The van der Waals surface area contributed by atoms with Crippen LogP contribution in [-0.2, 0) is 18.3 Å². The van der Waals surface area contributed by atoms with Crippen molar-refractivity contribution in [1.29, 1.82) is 0 Å². The Morgan fingerprint density at radius 3 is 2.92 bits per heavy atom. The zero-order valence-electron chi connectivity index (χ0n) is 13.4. The zero-order valence-corrected chi connectivity index (χ0v) is 13.4. The summed E-state index contributed by atoms with van der Waals surface area (Å²) in [6.45, 7) is 0.346. The fourth-order valence-electron chi connectivity index (χ4n) is 3.52. The highest BCUT2D eigenvalue weighted by molar-refractivity contribution is 5.94. The average Bonchev–Trinajstić information content (AvgIpc) is 3.17. The van der Waals surface area contributed by atoms with Crippen molar-refractivity contribution >= 4 is 16.8 Å². The molecule has 0 bridgehead atoms. The van der Waals surface area contributed by atoms with Gasteiger partial charge in [-0.25, -0.2) is 13.8 Å². The molecule has 3 aromatic rings. The van der Waals surface area contributed by atoms with Crippen LogP contribution in [0.15, 0.2) is 24.5 Å². The molecule has 0 fully saturated rings. The van der Waals surface area contributed by atoms with Crippen LogP contribution in [0.4, 0.5) is 8.78 Å². The molecule has 3 heterocycles. The molecule has 2 aromatic heterocycles. The van der Waals surface area contributed by atoms with Crippen molar-refractivity contribution in [2.24, 2.45) is 7.05 Å². The Hall–Kier alpha value is -3.14. The van der Waals surface area contributed by atoms with Crippen LogP contribution in [0.2, 0.25) is 0 Å². The Labute approximate surface area is 142 Å². The predicted molar refractivity (Wildman–Crippen MR) is 87.5 cm³/mol. The molecule has 25 heavy (non-hydrogen) atoms. The average molecular weight is 340 g/mol.